The summed E-state index contributed by atoms with van der Waals surface area (Å²) in [5.74, 6) is -3.65. The van der Waals surface area contributed by atoms with E-state index >= 15 is 0 Å². The SMILES string of the molecule is O=C(O)C1[CH-]CC(C(=O)O)(S(=O)(=O)O)CC1.[Na+]. The molecule has 1 rings (SSSR count). The van der Waals surface area contributed by atoms with Gasteiger partial charge in [-0.1, -0.05) is 12.3 Å². The summed E-state index contributed by atoms with van der Waals surface area (Å²) in [6.45, 7) is 0. The van der Waals surface area contributed by atoms with E-state index in [1.807, 2.05) is 0 Å². The third-order valence-corrected chi connectivity index (χ3v) is 4.32. The number of carbonyl (C=O) groups is 2. The summed E-state index contributed by atoms with van der Waals surface area (Å²) in [5.41, 5.74) is 0. The van der Waals surface area contributed by atoms with Crippen LogP contribution in [0.25, 0.3) is 0 Å². The number of carboxylic acids is 2. The zero-order valence-corrected chi connectivity index (χ0v) is 12.0. The maximum atomic E-state index is 11.0. The first-order valence-electron chi connectivity index (χ1n) is 4.47. The van der Waals surface area contributed by atoms with Crippen molar-refractivity contribution in [1.29, 1.82) is 0 Å². The molecule has 0 aromatic rings. The first kappa shape index (κ1) is 16.9. The minimum Gasteiger partial charge on any atom is -0.483 e. The monoisotopic (exact) mass is 274 g/mol. The summed E-state index contributed by atoms with van der Waals surface area (Å²) in [6.07, 6.45) is 0.0713. The van der Waals surface area contributed by atoms with E-state index in [-0.39, 0.29) is 36.0 Å². The minimum atomic E-state index is -4.76. The van der Waals surface area contributed by atoms with Crippen molar-refractivity contribution < 1.29 is 62.3 Å². The van der Waals surface area contributed by atoms with Gasteiger partial charge in [0.2, 0.25) is 0 Å². The van der Waals surface area contributed by atoms with Gasteiger partial charge in [-0.2, -0.15) is 8.42 Å². The second kappa shape index (κ2) is 5.66. The van der Waals surface area contributed by atoms with Gasteiger partial charge in [-0.05, 0) is 6.42 Å². The molecule has 1 saturated carbocycles. The molecular formula is C8H11NaO7S. The van der Waals surface area contributed by atoms with Crippen molar-refractivity contribution in [2.75, 3.05) is 0 Å². The molecule has 1 aliphatic carbocycles. The summed E-state index contributed by atoms with van der Waals surface area (Å²) < 4.78 is 28.7. The predicted octanol–water partition coefficient (Wildman–Crippen LogP) is -3.21. The molecule has 1 aliphatic rings. The van der Waals surface area contributed by atoms with Gasteiger partial charge in [-0.3, -0.25) is 14.1 Å². The van der Waals surface area contributed by atoms with E-state index in [0.29, 0.717) is 0 Å². The number of rotatable bonds is 3. The number of hydrogen-bond acceptors (Lipinski definition) is 4. The number of aliphatic carboxylic acids is 2. The molecule has 0 aromatic carbocycles. The third-order valence-electron chi connectivity index (χ3n) is 2.79. The second-order valence-electron chi connectivity index (χ2n) is 3.70. The topological polar surface area (TPSA) is 129 Å². The first-order valence-corrected chi connectivity index (χ1v) is 5.91. The average Bonchev–Trinajstić information content (AvgIpc) is 2.15. The second-order valence-corrected chi connectivity index (χ2v) is 5.43. The Morgan fingerprint density at radius 1 is 1.29 bits per heavy atom. The van der Waals surface area contributed by atoms with Crippen LogP contribution in [0.1, 0.15) is 19.3 Å². The van der Waals surface area contributed by atoms with Crippen molar-refractivity contribution in [3.63, 3.8) is 0 Å². The van der Waals surface area contributed by atoms with Gasteiger partial charge in [-0.25, -0.2) is 0 Å². The van der Waals surface area contributed by atoms with Gasteiger partial charge in [0.05, 0.1) is 0 Å². The fourth-order valence-corrected chi connectivity index (χ4v) is 2.61. The smallest absolute Gasteiger partial charge is 0.483 e. The minimum absolute atomic E-state index is 0. The van der Waals surface area contributed by atoms with Gasteiger partial charge in [0, 0.05) is 0 Å². The van der Waals surface area contributed by atoms with Gasteiger partial charge in [0.25, 0.3) is 16.1 Å². The van der Waals surface area contributed by atoms with Crippen molar-refractivity contribution in [2.45, 2.75) is 24.0 Å². The van der Waals surface area contributed by atoms with Crippen LogP contribution in [0.15, 0.2) is 0 Å². The molecule has 0 spiro atoms. The fourth-order valence-electron chi connectivity index (χ4n) is 1.70. The van der Waals surface area contributed by atoms with Crippen LogP contribution in [0.3, 0.4) is 0 Å². The van der Waals surface area contributed by atoms with Gasteiger partial charge in [-0.15, -0.1) is 6.42 Å². The molecule has 2 unspecified atom stereocenters. The molecule has 0 radical (unpaired) electrons. The Kier molecular flexibility index (Phi) is 5.61. The Balaban J connectivity index is 0.00000256. The van der Waals surface area contributed by atoms with Crippen molar-refractivity contribution in [2.24, 2.45) is 5.92 Å². The van der Waals surface area contributed by atoms with Gasteiger partial charge in [0.15, 0.2) is 4.75 Å². The van der Waals surface area contributed by atoms with Crippen LogP contribution in [-0.4, -0.2) is 39.9 Å². The average molecular weight is 274 g/mol. The summed E-state index contributed by atoms with van der Waals surface area (Å²) in [6, 6.07) is 0. The van der Waals surface area contributed by atoms with Crippen LogP contribution in [-0.2, 0) is 19.7 Å². The van der Waals surface area contributed by atoms with Gasteiger partial charge < -0.3 is 16.6 Å². The van der Waals surface area contributed by atoms with Crippen LogP contribution >= 0.6 is 0 Å². The molecule has 92 valence electrons. The normalized spacial score (nSPS) is 29.1. The van der Waals surface area contributed by atoms with Crippen molar-refractivity contribution in [3.05, 3.63) is 6.42 Å². The predicted molar refractivity (Wildman–Crippen MR) is 51.2 cm³/mol. The molecule has 0 aromatic heterocycles. The molecule has 3 N–H and O–H groups in total. The van der Waals surface area contributed by atoms with E-state index < -0.39 is 45.6 Å². The summed E-state index contributed by atoms with van der Waals surface area (Å²) in [5, 5.41) is 17.5. The standard InChI is InChI=1S/C8H11O7S.Na/c9-6(10)5-1-3-8(4-2-5,7(11)12)16(13,14)15;/h1,5H,2-4H2,(H,9,10)(H,11,12)(H,13,14,15);/q-1;+1. The molecule has 9 heteroatoms. The summed E-state index contributed by atoms with van der Waals surface area (Å²) in [7, 11) is -4.76. The van der Waals surface area contributed by atoms with E-state index in [4.69, 9.17) is 14.8 Å². The van der Waals surface area contributed by atoms with E-state index in [1.54, 1.807) is 0 Å². The van der Waals surface area contributed by atoms with Crippen LogP contribution in [0.5, 0.6) is 0 Å². The number of carboxylic acid groups (broad SMARTS) is 2. The molecule has 0 saturated heterocycles. The Morgan fingerprint density at radius 3 is 2.06 bits per heavy atom. The quantitative estimate of drug-likeness (QED) is 0.280. The Hall–Kier alpha value is -0.150. The molecule has 17 heavy (non-hydrogen) atoms. The zero-order chi connectivity index (χ0) is 12.6. The number of hydrogen-bond donors (Lipinski definition) is 3. The fraction of sp³-hybridized carbons (Fsp3) is 0.625. The van der Waals surface area contributed by atoms with Crippen molar-refractivity contribution >= 4 is 22.1 Å². The van der Waals surface area contributed by atoms with Gasteiger partial charge >= 0.3 is 35.5 Å². The van der Waals surface area contributed by atoms with Crippen molar-refractivity contribution in [1.82, 2.24) is 0 Å². The van der Waals surface area contributed by atoms with Crippen LogP contribution < -0.4 is 29.6 Å². The summed E-state index contributed by atoms with van der Waals surface area (Å²) in [4.78, 5) is 21.5. The largest absolute Gasteiger partial charge is 1.00 e. The van der Waals surface area contributed by atoms with E-state index in [9.17, 15) is 18.0 Å². The molecule has 2 atom stereocenters. The summed E-state index contributed by atoms with van der Waals surface area (Å²) >= 11 is 0. The first-order chi connectivity index (χ1) is 7.21. The Labute approximate surface area is 120 Å². The zero-order valence-electron chi connectivity index (χ0n) is 9.16. The molecule has 0 aliphatic heterocycles. The van der Waals surface area contributed by atoms with Crippen LogP contribution in [0.2, 0.25) is 0 Å². The molecule has 0 heterocycles. The van der Waals surface area contributed by atoms with E-state index in [0.717, 1.165) is 6.42 Å². The van der Waals surface area contributed by atoms with E-state index in [2.05, 4.69) is 0 Å². The van der Waals surface area contributed by atoms with Crippen LogP contribution in [0, 0.1) is 12.3 Å². The maximum absolute atomic E-state index is 11.0. The molecular weight excluding hydrogens is 263 g/mol. The Morgan fingerprint density at radius 2 is 1.82 bits per heavy atom. The molecule has 1 fully saturated rings. The molecule has 0 bridgehead atoms. The Bertz CT molecular complexity index is 408. The third kappa shape index (κ3) is 3.19. The van der Waals surface area contributed by atoms with Gasteiger partial charge in [0.1, 0.15) is 0 Å². The molecule has 0 amide bonds. The van der Waals surface area contributed by atoms with E-state index in [1.165, 1.54) is 0 Å². The molecule has 7 nitrogen and oxygen atoms in total. The van der Waals surface area contributed by atoms with Crippen molar-refractivity contribution in [3.8, 4) is 0 Å². The van der Waals surface area contributed by atoms with Crippen LogP contribution in [0.4, 0.5) is 0 Å². The maximum Gasteiger partial charge on any atom is 1.00 e.